The Labute approximate surface area is 108 Å². The summed E-state index contributed by atoms with van der Waals surface area (Å²) in [5, 5.41) is 0. The number of hydrogen-bond donors (Lipinski definition) is 0. The SMILES string of the molecule is C[C-](C)C.C[C-](C)C.P.P.[Cl][Pd][Cl]. The summed E-state index contributed by atoms with van der Waals surface area (Å²) >= 11 is -0.106. The van der Waals surface area contributed by atoms with E-state index in [4.69, 9.17) is 19.1 Å². The molecule has 0 aliphatic heterocycles. The zero-order valence-corrected chi connectivity index (χ0v) is 15.4. The van der Waals surface area contributed by atoms with Crippen LogP contribution in [0.15, 0.2) is 0 Å². The molecule has 0 aliphatic carbocycles. The van der Waals surface area contributed by atoms with Crippen LogP contribution < -0.4 is 0 Å². The van der Waals surface area contributed by atoms with Gasteiger partial charge in [0.1, 0.15) is 0 Å². The van der Waals surface area contributed by atoms with Crippen molar-refractivity contribution in [1.82, 2.24) is 0 Å². The molecule has 0 bridgehead atoms. The second kappa shape index (κ2) is 29.2. The van der Waals surface area contributed by atoms with E-state index in [1.165, 1.54) is 11.8 Å². The van der Waals surface area contributed by atoms with Gasteiger partial charge in [0, 0.05) is 0 Å². The third kappa shape index (κ3) is 467. The summed E-state index contributed by atoms with van der Waals surface area (Å²) < 4.78 is 0. The van der Waals surface area contributed by atoms with Crippen molar-refractivity contribution in [2.45, 2.75) is 41.5 Å². The van der Waals surface area contributed by atoms with Gasteiger partial charge in [0.05, 0.1) is 0 Å². The van der Waals surface area contributed by atoms with E-state index in [1.54, 1.807) is 0 Å². The van der Waals surface area contributed by atoms with Crippen LogP contribution in [0.3, 0.4) is 0 Å². The molecule has 0 aromatic heterocycles. The van der Waals surface area contributed by atoms with Crippen molar-refractivity contribution < 1.29 is 15.9 Å². The van der Waals surface area contributed by atoms with Gasteiger partial charge in [-0.3, -0.25) is 0 Å². The summed E-state index contributed by atoms with van der Waals surface area (Å²) in [7, 11) is 9.63. The van der Waals surface area contributed by atoms with E-state index >= 15 is 0 Å². The third-order valence-corrected chi connectivity index (χ3v) is 0. The summed E-state index contributed by atoms with van der Waals surface area (Å²) in [5.74, 6) is 2.83. The standard InChI is InChI=1S/2C4H9.2ClH.2H3P.Pd/c2*1-4(2)3;;;;;/h2*1-3H3;2*1H;2*1H3;/q2*-1;;;;;+2/p-2. The van der Waals surface area contributed by atoms with Gasteiger partial charge in [-0.2, -0.15) is 61.3 Å². The predicted molar refractivity (Wildman–Crippen MR) is 74.4 cm³/mol. The average Bonchev–Trinajstić information content (AvgIpc) is 1.60. The Morgan fingerprint density at radius 1 is 0.692 bits per heavy atom. The van der Waals surface area contributed by atoms with E-state index in [2.05, 4.69) is 41.5 Å². The van der Waals surface area contributed by atoms with Crippen LogP contribution in [0.2, 0.25) is 0 Å². The van der Waals surface area contributed by atoms with Gasteiger partial charge < -0.3 is 11.8 Å². The quantitative estimate of drug-likeness (QED) is 0.333. The molecule has 0 aromatic carbocycles. The summed E-state index contributed by atoms with van der Waals surface area (Å²) in [6.07, 6.45) is 0. The van der Waals surface area contributed by atoms with Crippen molar-refractivity contribution in [3.8, 4) is 0 Å². The number of hydrogen-bond acceptors (Lipinski definition) is 0. The fourth-order valence-electron chi connectivity index (χ4n) is 0. The Hall–Kier alpha value is 2.10. The Kier molecular flexibility index (Phi) is 66.1. The van der Waals surface area contributed by atoms with Gasteiger partial charge in [-0.05, 0) is 0 Å². The molecule has 0 heterocycles. The van der Waals surface area contributed by atoms with E-state index in [0.717, 1.165) is 0 Å². The summed E-state index contributed by atoms with van der Waals surface area (Å²) in [5.41, 5.74) is 0. The van der Waals surface area contributed by atoms with Gasteiger partial charge in [-0.15, -0.1) is 0 Å². The van der Waals surface area contributed by atoms with Crippen LogP contribution in [0.5, 0.6) is 0 Å². The van der Waals surface area contributed by atoms with Crippen LogP contribution >= 0.6 is 38.9 Å². The molecule has 5 heteroatoms. The second-order valence-corrected chi connectivity index (χ2v) is 5.41. The van der Waals surface area contributed by atoms with Crippen LogP contribution in [-0.2, 0) is 15.9 Å². The van der Waals surface area contributed by atoms with Gasteiger partial charge in [0.2, 0.25) is 0 Å². The normalized spacial score (nSPS) is 7.23. The fraction of sp³-hybridized carbons (Fsp3) is 0.750. The molecule has 0 fully saturated rings. The zero-order valence-electron chi connectivity index (χ0n) is 9.49. The summed E-state index contributed by atoms with van der Waals surface area (Å²) in [6.45, 7) is 12.5. The van der Waals surface area contributed by atoms with Crippen molar-refractivity contribution in [1.29, 1.82) is 0 Å². The van der Waals surface area contributed by atoms with Crippen LogP contribution in [0, 0.1) is 11.8 Å². The molecule has 0 amide bonds. The Morgan fingerprint density at radius 3 is 0.692 bits per heavy atom. The maximum atomic E-state index is 4.81. The molecule has 0 N–H and O–H groups in total. The fourth-order valence-corrected chi connectivity index (χ4v) is 0. The number of halogens is 2. The minimum atomic E-state index is -0.106. The maximum absolute atomic E-state index is 4.81. The van der Waals surface area contributed by atoms with E-state index in [-0.39, 0.29) is 35.7 Å². The van der Waals surface area contributed by atoms with Crippen LogP contribution in [0.4, 0.5) is 0 Å². The molecular weight excluding hydrogens is 335 g/mol. The van der Waals surface area contributed by atoms with Gasteiger partial charge in [-0.1, -0.05) is 0 Å². The van der Waals surface area contributed by atoms with E-state index in [0.29, 0.717) is 0 Å². The first kappa shape index (κ1) is 29.4. The predicted octanol–water partition coefficient (Wildman–Crippen LogP) is 4.73. The molecule has 0 nitrogen and oxygen atoms in total. The van der Waals surface area contributed by atoms with Crippen molar-refractivity contribution in [3.63, 3.8) is 0 Å². The van der Waals surface area contributed by atoms with Crippen molar-refractivity contribution in [3.05, 3.63) is 11.8 Å². The van der Waals surface area contributed by atoms with Crippen molar-refractivity contribution in [2.75, 3.05) is 0 Å². The van der Waals surface area contributed by atoms with Gasteiger partial charge >= 0.3 is 35.0 Å². The zero-order chi connectivity index (χ0) is 9.86. The molecule has 0 saturated heterocycles. The monoisotopic (exact) mass is 358 g/mol. The van der Waals surface area contributed by atoms with E-state index < -0.39 is 0 Å². The molecule has 0 aromatic rings. The molecular formula is C8H24Cl2P2Pd-2. The molecule has 2 atom stereocenters. The molecule has 0 spiro atoms. The van der Waals surface area contributed by atoms with Crippen LogP contribution in [-0.4, -0.2) is 0 Å². The van der Waals surface area contributed by atoms with E-state index in [1.807, 2.05) is 0 Å². The molecule has 2 unspecified atom stereocenters. The minimum absolute atomic E-state index is 0. The average molecular weight is 360 g/mol. The molecule has 13 heavy (non-hydrogen) atoms. The second-order valence-electron chi connectivity index (χ2n) is 3.05. The Bertz CT molecular complexity index is 43.9. The third-order valence-electron chi connectivity index (χ3n) is 0. The summed E-state index contributed by atoms with van der Waals surface area (Å²) in [6, 6.07) is 0. The van der Waals surface area contributed by atoms with Crippen molar-refractivity contribution in [2.24, 2.45) is 0 Å². The first-order chi connectivity index (χ1) is 4.88. The van der Waals surface area contributed by atoms with Crippen LogP contribution in [0.1, 0.15) is 41.5 Å². The molecule has 92 valence electrons. The number of rotatable bonds is 0. The first-order valence-electron chi connectivity index (χ1n) is 3.24. The van der Waals surface area contributed by atoms with Gasteiger partial charge in [-0.25, -0.2) is 0 Å². The van der Waals surface area contributed by atoms with E-state index in [9.17, 15) is 0 Å². The Morgan fingerprint density at radius 2 is 0.692 bits per heavy atom. The molecule has 0 aliphatic rings. The Balaban J connectivity index is -0.0000000231. The van der Waals surface area contributed by atoms with Crippen LogP contribution in [0.25, 0.3) is 0 Å². The van der Waals surface area contributed by atoms with Crippen molar-refractivity contribution >= 4 is 38.9 Å². The molecule has 0 radical (unpaired) electrons. The molecule has 0 rings (SSSR count). The first-order valence-corrected chi connectivity index (χ1v) is 7.24. The van der Waals surface area contributed by atoms with Gasteiger partial charge in [0.15, 0.2) is 0 Å². The molecule has 0 saturated carbocycles. The summed E-state index contributed by atoms with van der Waals surface area (Å²) in [4.78, 5) is 0. The topological polar surface area (TPSA) is 0 Å². The van der Waals surface area contributed by atoms with Gasteiger partial charge in [0.25, 0.3) is 0 Å².